The summed E-state index contributed by atoms with van der Waals surface area (Å²) in [6.07, 6.45) is -0.464. The maximum atomic E-state index is 9.15. The Morgan fingerprint density at radius 2 is 2.08 bits per heavy atom. The predicted octanol–water partition coefficient (Wildman–Crippen LogP) is 0.158. The Morgan fingerprint density at radius 1 is 1.50 bits per heavy atom. The van der Waals surface area contributed by atoms with Crippen LogP contribution in [0.5, 0.6) is 0 Å². The molecule has 3 nitrogen and oxygen atoms in total. The van der Waals surface area contributed by atoms with Crippen LogP contribution in [0.4, 0.5) is 0 Å². The highest BCUT2D eigenvalue weighted by atomic mass is 16.5. The van der Waals surface area contributed by atoms with Gasteiger partial charge in [0, 0.05) is 0 Å². The van der Waals surface area contributed by atoms with Crippen LogP contribution in [0.3, 0.4) is 0 Å². The third kappa shape index (κ3) is 9.44. The van der Waals surface area contributed by atoms with Crippen molar-refractivity contribution in [3.05, 3.63) is 0 Å². The molecule has 0 aromatic heterocycles. The summed E-state index contributed by atoms with van der Waals surface area (Å²) in [5.74, 6) is 5.24. The van der Waals surface area contributed by atoms with Crippen LogP contribution in [0.1, 0.15) is 20.8 Å². The molecule has 1 atom stereocenters. The van der Waals surface area contributed by atoms with Gasteiger partial charge in [-0.1, -0.05) is 11.8 Å². The van der Waals surface area contributed by atoms with Crippen molar-refractivity contribution in [2.45, 2.75) is 32.5 Å². The van der Waals surface area contributed by atoms with Crippen LogP contribution < -0.4 is 0 Å². The van der Waals surface area contributed by atoms with Gasteiger partial charge < -0.3 is 14.9 Å². The Morgan fingerprint density at radius 3 is 2.50 bits per heavy atom. The molecule has 0 aliphatic heterocycles. The van der Waals surface area contributed by atoms with Crippen molar-refractivity contribution < 1.29 is 14.9 Å². The largest absolute Gasteiger partial charge is 0.391 e. The van der Waals surface area contributed by atoms with Crippen LogP contribution in [-0.4, -0.2) is 35.1 Å². The molecule has 0 spiro atoms. The summed E-state index contributed by atoms with van der Waals surface area (Å²) in [5, 5.41) is 17.9. The van der Waals surface area contributed by atoms with Crippen molar-refractivity contribution in [3.8, 4) is 11.8 Å². The summed E-state index contributed by atoms with van der Waals surface area (Å²) in [7, 11) is 0. The van der Waals surface area contributed by atoms with Gasteiger partial charge in [-0.3, -0.25) is 0 Å². The van der Waals surface area contributed by atoms with E-state index in [1.165, 1.54) is 0 Å². The monoisotopic (exact) mass is 172 g/mol. The van der Waals surface area contributed by atoms with E-state index >= 15 is 0 Å². The first kappa shape index (κ1) is 11.4. The second kappa shape index (κ2) is 5.15. The number of rotatable bonds is 3. The molecule has 0 radical (unpaired) electrons. The minimum Gasteiger partial charge on any atom is -0.391 e. The molecule has 0 bridgehead atoms. The average molecular weight is 172 g/mol. The van der Waals surface area contributed by atoms with E-state index in [1.54, 1.807) is 20.8 Å². The first-order valence-electron chi connectivity index (χ1n) is 3.90. The van der Waals surface area contributed by atoms with Gasteiger partial charge in [0.1, 0.15) is 12.2 Å². The van der Waals surface area contributed by atoms with Crippen LogP contribution in [0.25, 0.3) is 0 Å². The highest BCUT2D eigenvalue weighted by molar-refractivity contribution is 5.10. The lowest BCUT2D eigenvalue weighted by molar-refractivity contribution is 0.0618. The molecule has 70 valence electrons. The van der Waals surface area contributed by atoms with Crippen molar-refractivity contribution in [1.82, 2.24) is 0 Å². The zero-order valence-corrected chi connectivity index (χ0v) is 7.79. The molecule has 12 heavy (non-hydrogen) atoms. The Bertz CT molecular complexity index is 168. The number of aliphatic hydroxyl groups excluding tert-OH is 1. The zero-order valence-electron chi connectivity index (χ0n) is 7.79. The molecule has 0 saturated heterocycles. The molecular formula is C9H16O3. The van der Waals surface area contributed by atoms with Crippen molar-refractivity contribution in [2.75, 3.05) is 13.2 Å². The normalized spacial score (nSPS) is 13.4. The zero-order chi connectivity index (χ0) is 9.61. The van der Waals surface area contributed by atoms with Crippen LogP contribution >= 0.6 is 0 Å². The minimum absolute atomic E-state index is 0.245. The van der Waals surface area contributed by atoms with Crippen LogP contribution in [0.2, 0.25) is 0 Å². The van der Waals surface area contributed by atoms with Crippen LogP contribution in [0, 0.1) is 11.8 Å². The molecule has 3 heteroatoms. The fourth-order valence-electron chi connectivity index (χ4n) is 0.533. The van der Waals surface area contributed by atoms with Crippen LogP contribution in [0.15, 0.2) is 0 Å². The Labute approximate surface area is 73.4 Å². The first-order valence-corrected chi connectivity index (χ1v) is 3.90. The van der Waals surface area contributed by atoms with E-state index in [-0.39, 0.29) is 13.2 Å². The standard InChI is InChI=1S/C9H16O3/c1-8(10)7-12-6-4-5-9(2,3)11/h8,10-11H,6-7H2,1-3H3. The number of hydrogen-bond donors (Lipinski definition) is 2. The van der Waals surface area contributed by atoms with Crippen molar-refractivity contribution in [3.63, 3.8) is 0 Å². The van der Waals surface area contributed by atoms with E-state index < -0.39 is 11.7 Å². The Balaban J connectivity index is 3.47. The average Bonchev–Trinajstić information content (AvgIpc) is 1.83. The van der Waals surface area contributed by atoms with E-state index in [0.717, 1.165) is 0 Å². The number of hydrogen-bond acceptors (Lipinski definition) is 3. The highest BCUT2D eigenvalue weighted by Gasteiger charge is 2.05. The summed E-state index contributed by atoms with van der Waals surface area (Å²) < 4.78 is 4.96. The highest BCUT2D eigenvalue weighted by Crippen LogP contribution is 1.95. The molecular weight excluding hydrogens is 156 g/mol. The van der Waals surface area contributed by atoms with Gasteiger partial charge in [-0.25, -0.2) is 0 Å². The molecule has 1 unspecified atom stereocenters. The SMILES string of the molecule is CC(O)COCC#CC(C)(C)O. The summed E-state index contributed by atoms with van der Waals surface area (Å²) >= 11 is 0. The van der Waals surface area contributed by atoms with Gasteiger partial charge in [0.15, 0.2) is 0 Å². The van der Waals surface area contributed by atoms with Crippen molar-refractivity contribution in [2.24, 2.45) is 0 Å². The summed E-state index contributed by atoms with van der Waals surface area (Å²) in [4.78, 5) is 0. The van der Waals surface area contributed by atoms with Gasteiger partial charge in [0.2, 0.25) is 0 Å². The molecule has 0 aromatic carbocycles. The maximum Gasteiger partial charge on any atom is 0.120 e. The first-order chi connectivity index (χ1) is 5.42. The van der Waals surface area contributed by atoms with Gasteiger partial charge in [-0.15, -0.1) is 0 Å². The molecule has 0 aromatic rings. The van der Waals surface area contributed by atoms with Crippen molar-refractivity contribution >= 4 is 0 Å². The van der Waals surface area contributed by atoms with Gasteiger partial charge >= 0.3 is 0 Å². The molecule has 2 N–H and O–H groups in total. The van der Waals surface area contributed by atoms with E-state index in [4.69, 9.17) is 14.9 Å². The van der Waals surface area contributed by atoms with Gasteiger partial charge in [0.05, 0.1) is 12.7 Å². The lowest BCUT2D eigenvalue weighted by Gasteiger charge is -2.06. The number of aliphatic hydroxyl groups is 2. The molecule has 0 fully saturated rings. The second-order valence-electron chi connectivity index (χ2n) is 3.22. The predicted molar refractivity (Wildman–Crippen MR) is 46.6 cm³/mol. The molecule has 0 aliphatic rings. The fraction of sp³-hybridized carbons (Fsp3) is 0.778. The van der Waals surface area contributed by atoms with Gasteiger partial charge in [-0.2, -0.15) is 0 Å². The second-order valence-corrected chi connectivity index (χ2v) is 3.22. The third-order valence-electron chi connectivity index (χ3n) is 0.928. The quantitative estimate of drug-likeness (QED) is 0.471. The summed E-state index contributed by atoms with van der Waals surface area (Å²) in [6.45, 7) is 5.38. The molecule has 0 aliphatic carbocycles. The molecule has 0 heterocycles. The summed E-state index contributed by atoms with van der Waals surface area (Å²) in [6, 6.07) is 0. The van der Waals surface area contributed by atoms with E-state index in [1.807, 2.05) is 0 Å². The van der Waals surface area contributed by atoms with E-state index in [9.17, 15) is 0 Å². The smallest absolute Gasteiger partial charge is 0.120 e. The topological polar surface area (TPSA) is 49.7 Å². The minimum atomic E-state index is -0.964. The fourth-order valence-corrected chi connectivity index (χ4v) is 0.533. The van der Waals surface area contributed by atoms with Gasteiger partial charge in [0.25, 0.3) is 0 Å². The maximum absolute atomic E-state index is 9.15. The lowest BCUT2D eigenvalue weighted by Crippen LogP contribution is -2.15. The molecule has 0 amide bonds. The van der Waals surface area contributed by atoms with Crippen LogP contribution in [-0.2, 0) is 4.74 Å². The van der Waals surface area contributed by atoms with E-state index in [0.29, 0.717) is 0 Å². The molecule has 0 rings (SSSR count). The Kier molecular flexibility index (Phi) is 4.91. The third-order valence-corrected chi connectivity index (χ3v) is 0.928. The van der Waals surface area contributed by atoms with E-state index in [2.05, 4.69) is 11.8 Å². The lowest BCUT2D eigenvalue weighted by atomic mass is 10.1. The number of ether oxygens (including phenoxy) is 1. The molecule has 0 saturated carbocycles. The van der Waals surface area contributed by atoms with Crippen molar-refractivity contribution in [1.29, 1.82) is 0 Å². The van der Waals surface area contributed by atoms with Gasteiger partial charge in [-0.05, 0) is 20.8 Å². The Hall–Kier alpha value is -0.560. The summed E-state index contributed by atoms with van der Waals surface area (Å²) in [5.41, 5.74) is -0.964.